The molecule has 112 valence electrons. The van der Waals surface area contributed by atoms with Gasteiger partial charge in [0, 0.05) is 5.56 Å². The van der Waals surface area contributed by atoms with Gasteiger partial charge in [-0.3, -0.25) is 0 Å². The van der Waals surface area contributed by atoms with Crippen molar-refractivity contribution in [1.29, 1.82) is 0 Å². The van der Waals surface area contributed by atoms with E-state index in [1.165, 1.54) is 11.1 Å². The summed E-state index contributed by atoms with van der Waals surface area (Å²) in [5, 5.41) is 3.44. The molecular formula is C19H24FN. The van der Waals surface area contributed by atoms with Gasteiger partial charge in [0.15, 0.2) is 0 Å². The molecule has 0 amide bonds. The third-order valence-corrected chi connectivity index (χ3v) is 4.14. The van der Waals surface area contributed by atoms with Crippen molar-refractivity contribution in [2.75, 3.05) is 6.54 Å². The van der Waals surface area contributed by atoms with Crippen LogP contribution in [0.4, 0.5) is 4.39 Å². The van der Waals surface area contributed by atoms with Gasteiger partial charge < -0.3 is 5.32 Å². The maximum Gasteiger partial charge on any atom is 0.128 e. The van der Waals surface area contributed by atoms with Crippen LogP contribution in [0.2, 0.25) is 0 Å². The van der Waals surface area contributed by atoms with Crippen LogP contribution >= 0.6 is 0 Å². The summed E-state index contributed by atoms with van der Waals surface area (Å²) in [5.41, 5.74) is 6.34. The van der Waals surface area contributed by atoms with E-state index in [9.17, 15) is 4.39 Å². The van der Waals surface area contributed by atoms with Crippen molar-refractivity contribution in [2.45, 2.75) is 40.7 Å². The highest BCUT2D eigenvalue weighted by atomic mass is 19.1. The quantitative estimate of drug-likeness (QED) is 0.854. The fraction of sp³-hybridized carbons (Fsp3) is 0.368. The Kier molecular flexibility index (Phi) is 4.79. The van der Waals surface area contributed by atoms with E-state index in [0.717, 1.165) is 28.8 Å². The lowest BCUT2D eigenvalue weighted by Gasteiger charge is -2.24. The molecular weight excluding hydrogens is 261 g/mol. The summed E-state index contributed by atoms with van der Waals surface area (Å²) < 4.78 is 14.6. The van der Waals surface area contributed by atoms with Gasteiger partial charge in [0.2, 0.25) is 0 Å². The molecule has 21 heavy (non-hydrogen) atoms. The van der Waals surface area contributed by atoms with Gasteiger partial charge in [-0.05, 0) is 68.1 Å². The SMILES string of the molecule is CCNC(c1cccc(C)c1C)c1c(C)cc(C)cc1F. The molecule has 2 aromatic carbocycles. The number of aryl methyl sites for hydroxylation is 3. The van der Waals surface area contributed by atoms with E-state index in [1.807, 2.05) is 26.0 Å². The molecule has 1 atom stereocenters. The third-order valence-electron chi connectivity index (χ3n) is 4.14. The molecule has 1 unspecified atom stereocenters. The molecule has 0 saturated carbocycles. The Balaban J connectivity index is 2.62. The second kappa shape index (κ2) is 6.40. The van der Waals surface area contributed by atoms with Gasteiger partial charge in [-0.15, -0.1) is 0 Å². The number of hydrogen-bond acceptors (Lipinski definition) is 1. The van der Waals surface area contributed by atoms with E-state index >= 15 is 0 Å². The van der Waals surface area contributed by atoms with Crippen molar-refractivity contribution < 1.29 is 4.39 Å². The zero-order valence-electron chi connectivity index (χ0n) is 13.5. The van der Waals surface area contributed by atoms with E-state index < -0.39 is 0 Å². The molecule has 0 radical (unpaired) electrons. The van der Waals surface area contributed by atoms with Gasteiger partial charge in [0.05, 0.1) is 6.04 Å². The van der Waals surface area contributed by atoms with E-state index in [-0.39, 0.29) is 11.9 Å². The Morgan fingerprint density at radius 1 is 1.05 bits per heavy atom. The third kappa shape index (κ3) is 3.16. The number of halogens is 1. The molecule has 0 spiro atoms. The van der Waals surface area contributed by atoms with Crippen LogP contribution in [0.5, 0.6) is 0 Å². The minimum absolute atomic E-state index is 0.101. The highest BCUT2D eigenvalue weighted by molar-refractivity contribution is 5.44. The second-order valence-corrected chi connectivity index (χ2v) is 5.76. The largest absolute Gasteiger partial charge is 0.306 e. The van der Waals surface area contributed by atoms with Crippen LogP contribution in [0.15, 0.2) is 30.3 Å². The van der Waals surface area contributed by atoms with Gasteiger partial charge in [0.1, 0.15) is 5.82 Å². The second-order valence-electron chi connectivity index (χ2n) is 5.76. The summed E-state index contributed by atoms with van der Waals surface area (Å²) >= 11 is 0. The van der Waals surface area contributed by atoms with Crippen LogP contribution in [0.25, 0.3) is 0 Å². The van der Waals surface area contributed by atoms with E-state index in [1.54, 1.807) is 6.07 Å². The van der Waals surface area contributed by atoms with Gasteiger partial charge in [-0.2, -0.15) is 0 Å². The zero-order valence-corrected chi connectivity index (χ0v) is 13.5. The molecule has 2 aromatic rings. The monoisotopic (exact) mass is 285 g/mol. The lowest BCUT2D eigenvalue weighted by molar-refractivity contribution is 0.553. The molecule has 1 nitrogen and oxygen atoms in total. The summed E-state index contributed by atoms with van der Waals surface area (Å²) in [5.74, 6) is -0.126. The summed E-state index contributed by atoms with van der Waals surface area (Å²) in [4.78, 5) is 0. The average Bonchev–Trinajstić information content (AvgIpc) is 2.40. The Morgan fingerprint density at radius 3 is 2.38 bits per heavy atom. The predicted octanol–water partition coefficient (Wildman–Crippen LogP) is 4.76. The smallest absolute Gasteiger partial charge is 0.128 e. The molecule has 0 heterocycles. The summed E-state index contributed by atoms with van der Waals surface area (Å²) in [7, 11) is 0. The van der Waals surface area contributed by atoms with Gasteiger partial charge in [-0.25, -0.2) is 4.39 Å². The van der Waals surface area contributed by atoms with E-state index in [2.05, 4.69) is 38.2 Å². The average molecular weight is 285 g/mol. The lowest BCUT2D eigenvalue weighted by atomic mass is 9.89. The highest BCUT2D eigenvalue weighted by Gasteiger charge is 2.21. The Bertz CT molecular complexity index is 623. The highest BCUT2D eigenvalue weighted by Crippen LogP contribution is 2.31. The van der Waals surface area contributed by atoms with Crippen molar-refractivity contribution in [1.82, 2.24) is 5.32 Å². The zero-order chi connectivity index (χ0) is 15.6. The first-order valence-corrected chi connectivity index (χ1v) is 7.51. The molecule has 0 bridgehead atoms. The fourth-order valence-electron chi connectivity index (χ4n) is 2.95. The molecule has 0 aliphatic rings. The molecule has 0 fully saturated rings. The van der Waals surface area contributed by atoms with Crippen molar-refractivity contribution in [3.63, 3.8) is 0 Å². The number of rotatable bonds is 4. The maximum atomic E-state index is 14.6. The van der Waals surface area contributed by atoms with Crippen molar-refractivity contribution >= 4 is 0 Å². The molecule has 0 aromatic heterocycles. The number of hydrogen-bond donors (Lipinski definition) is 1. The van der Waals surface area contributed by atoms with Crippen molar-refractivity contribution in [2.24, 2.45) is 0 Å². The van der Waals surface area contributed by atoms with Gasteiger partial charge >= 0.3 is 0 Å². The Labute approximate surface area is 127 Å². The Hall–Kier alpha value is -1.67. The van der Waals surface area contributed by atoms with Gasteiger partial charge in [-0.1, -0.05) is 31.2 Å². The van der Waals surface area contributed by atoms with Crippen LogP contribution in [0, 0.1) is 33.5 Å². The molecule has 2 heteroatoms. The minimum Gasteiger partial charge on any atom is -0.306 e. The van der Waals surface area contributed by atoms with Crippen LogP contribution in [0.3, 0.4) is 0 Å². The van der Waals surface area contributed by atoms with Crippen LogP contribution in [-0.2, 0) is 0 Å². The number of nitrogens with one attached hydrogen (secondary N) is 1. The topological polar surface area (TPSA) is 12.0 Å². The molecule has 0 saturated heterocycles. The van der Waals surface area contributed by atoms with E-state index in [0.29, 0.717) is 0 Å². The van der Waals surface area contributed by atoms with E-state index in [4.69, 9.17) is 0 Å². The molecule has 0 aliphatic heterocycles. The van der Waals surface area contributed by atoms with Crippen LogP contribution in [0.1, 0.15) is 46.3 Å². The minimum atomic E-state index is -0.126. The normalized spacial score (nSPS) is 12.5. The van der Waals surface area contributed by atoms with Crippen molar-refractivity contribution in [3.8, 4) is 0 Å². The first-order chi connectivity index (χ1) is 9.95. The first-order valence-electron chi connectivity index (χ1n) is 7.51. The molecule has 1 N–H and O–H groups in total. The predicted molar refractivity (Wildman–Crippen MR) is 87.3 cm³/mol. The number of benzene rings is 2. The summed E-state index contributed by atoms with van der Waals surface area (Å²) in [6, 6.07) is 9.81. The molecule has 2 rings (SSSR count). The maximum absolute atomic E-state index is 14.6. The summed E-state index contributed by atoms with van der Waals surface area (Å²) in [6.07, 6.45) is 0. The van der Waals surface area contributed by atoms with Gasteiger partial charge in [0.25, 0.3) is 0 Å². The standard InChI is InChI=1S/C19H24FN/c1-6-21-19(16-9-7-8-13(3)15(16)5)18-14(4)10-12(2)11-17(18)20/h7-11,19,21H,6H2,1-5H3. The first kappa shape index (κ1) is 15.7. The fourth-order valence-corrected chi connectivity index (χ4v) is 2.95. The summed E-state index contributed by atoms with van der Waals surface area (Å²) in [6.45, 7) is 11.0. The lowest BCUT2D eigenvalue weighted by Crippen LogP contribution is -2.25. The molecule has 0 aliphatic carbocycles. The Morgan fingerprint density at radius 2 is 1.76 bits per heavy atom. The van der Waals surface area contributed by atoms with Crippen molar-refractivity contribution in [3.05, 3.63) is 69.5 Å². The van der Waals surface area contributed by atoms with Crippen LogP contribution < -0.4 is 5.32 Å². The van der Waals surface area contributed by atoms with Crippen LogP contribution in [-0.4, -0.2) is 6.54 Å².